The number of fused-ring (bicyclic) bond motifs is 2. The molecule has 106 heavy (non-hydrogen) atoms. The number of hydrogen-bond donors (Lipinski definition) is 2. The zero-order valence-electron chi connectivity index (χ0n) is 61.9. The van der Waals surface area contributed by atoms with E-state index in [1.807, 2.05) is 189 Å². The van der Waals surface area contributed by atoms with Crippen molar-refractivity contribution in [2.45, 2.75) is 129 Å². The number of carbonyl (C=O) groups is 2. The van der Waals surface area contributed by atoms with Gasteiger partial charge in [-0.2, -0.15) is 0 Å². The van der Waals surface area contributed by atoms with Gasteiger partial charge >= 0.3 is 12.2 Å². The van der Waals surface area contributed by atoms with Crippen molar-refractivity contribution in [1.29, 1.82) is 0 Å². The Morgan fingerprint density at radius 2 is 0.887 bits per heavy atom. The predicted molar refractivity (Wildman–Crippen MR) is 413 cm³/mol. The van der Waals surface area contributed by atoms with E-state index in [0.29, 0.717) is 128 Å². The number of nitrogens with one attached hydrogen (secondary N) is 2. The van der Waals surface area contributed by atoms with Gasteiger partial charge in [0.15, 0.2) is 0 Å². The lowest BCUT2D eigenvalue weighted by molar-refractivity contribution is 0.0196. The molecule has 2 N–H and O–H groups in total. The van der Waals surface area contributed by atoms with E-state index in [9.17, 15) is 26.4 Å². The fourth-order valence-electron chi connectivity index (χ4n) is 12.7. The highest BCUT2D eigenvalue weighted by atomic mass is 32.2. The van der Waals surface area contributed by atoms with Gasteiger partial charge in [-0.3, -0.25) is 0 Å². The van der Waals surface area contributed by atoms with Crippen LogP contribution in [0.5, 0.6) is 23.3 Å². The predicted octanol–water partition coefficient (Wildman–Crippen LogP) is 16.2. The Bertz CT molecular complexity index is 4660. The van der Waals surface area contributed by atoms with E-state index in [-0.39, 0.29) is 37.7 Å². The van der Waals surface area contributed by atoms with Crippen molar-refractivity contribution >= 4 is 77.0 Å². The maximum Gasteiger partial charge on any atom is 0.410 e. The van der Waals surface area contributed by atoms with Gasteiger partial charge in [-0.1, -0.05) is 109 Å². The summed E-state index contributed by atoms with van der Waals surface area (Å²) < 4.78 is 94.5. The molecule has 0 spiro atoms. The molecule has 0 aliphatic carbocycles. The van der Waals surface area contributed by atoms with Crippen LogP contribution < -0.4 is 28.7 Å². The lowest BCUT2D eigenvalue weighted by Gasteiger charge is -2.34. The summed E-state index contributed by atoms with van der Waals surface area (Å²) in [5.74, 6) is 2.56. The van der Waals surface area contributed by atoms with Crippen molar-refractivity contribution in [2.75, 3.05) is 73.1 Å². The standard InChI is InChI=1S/2C40H46N6O6S/c2*1-27-19-20-31-32(16-10-18-35(31)46(26-50-6)53(48,49)28(2)29-13-8-7-9-14-29)36(27)51-37-33(17-11-22-41-37)34-21-23-42-38(44-34)43-30-15-12-24-45(25-30)39(47)52-40(3,4)5/h2*7-11,13-14,16-23,28,30H,12,15,24-26H2,1-6H3,(H,42,43,44)/t28-,30+;28-,30-/m10/s1. The molecule has 556 valence electrons. The summed E-state index contributed by atoms with van der Waals surface area (Å²) >= 11 is 0. The van der Waals surface area contributed by atoms with Crippen LogP contribution >= 0.6 is 0 Å². The number of piperidine rings is 2. The summed E-state index contributed by atoms with van der Waals surface area (Å²) in [6, 6.07) is 47.7. The van der Waals surface area contributed by atoms with Gasteiger partial charge in [-0.25, -0.2) is 64.9 Å². The first-order valence-electron chi connectivity index (χ1n) is 35.3. The van der Waals surface area contributed by atoms with Crippen LogP contribution in [0, 0.1) is 13.8 Å². The van der Waals surface area contributed by atoms with Crippen LogP contribution in [0.1, 0.15) is 114 Å². The average molecular weight is 1480 g/mol. The molecule has 0 unspecified atom stereocenters. The highest BCUT2D eigenvalue weighted by Crippen LogP contribution is 2.44. The van der Waals surface area contributed by atoms with Gasteiger partial charge < -0.3 is 48.9 Å². The molecule has 0 saturated carbocycles. The molecule has 6 heterocycles. The number of benzene rings is 6. The Balaban J connectivity index is 0.000000212. The van der Waals surface area contributed by atoms with Crippen LogP contribution in [0.4, 0.5) is 32.9 Å². The minimum Gasteiger partial charge on any atom is -0.444 e. The molecule has 2 fully saturated rings. The first kappa shape index (κ1) is 76.6. The number of nitrogens with zero attached hydrogens (tertiary/aromatic N) is 10. The largest absolute Gasteiger partial charge is 0.444 e. The molecule has 2 aliphatic rings. The van der Waals surface area contributed by atoms with Crippen LogP contribution in [-0.4, -0.2) is 146 Å². The molecule has 2 amide bonds. The van der Waals surface area contributed by atoms with Crippen molar-refractivity contribution < 1.29 is 54.8 Å². The van der Waals surface area contributed by atoms with Gasteiger partial charge in [0.2, 0.25) is 43.7 Å². The number of likely N-dealkylation sites (tertiary alicyclic amines) is 2. The first-order chi connectivity index (χ1) is 50.7. The maximum atomic E-state index is 14.1. The molecular weight excluding hydrogens is 1390 g/mol. The zero-order chi connectivity index (χ0) is 75.5. The van der Waals surface area contributed by atoms with Gasteiger partial charge in [0.25, 0.3) is 0 Å². The lowest BCUT2D eigenvalue weighted by atomic mass is 10.0. The smallest absolute Gasteiger partial charge is 0.410 e. The highest BCUT2D eigenvalue weighted by molar-refractivity contribution is 7.93. The van der Waals surface area contributed by atoms with Crippen molar-refractivity contribution in [3.63, 3.8) is 0 Å². The molecule has 2 aliphatic heterocycles. The van der Waals surface area contributed by atoms with Crippen molar-refractivity contribution in [3.05, 3.63) is 205 Å². The number of aryl methyl sites for hydroxylation is 2. The van der Waals surface area contributed by atoms with Crippen LogP contribution in [0.25, 0.3) is 44.1 Å². The number of pyridine rings is 2. The summed E-state index contributed by atoms with van der Waals surface area (Å²) in [6.45, 7) is 20.2. The normalized spacial score (nSPS) is 15.5. The molecule has 24 nitrogen and oxygen atoms in total. The molecule has 2 saturated heterocycles. The average Bonchev–Trinajstić information content (AvgIpc) is 0.762. The fourth-order valence-corrected chi connectivity index (χ4v) is 15.9. The number of rotatable bonds is 22. The second kappa shape index (κ2) is 33.3. The second-order valence-corrected chi connectivity index (χ2v) is 32.5. The highest BCUT2D eigenvalue weighted by Gasteiger charge is 2.35. The monoisotopic (exact) mass is 1480 g/mol. The van der Waals surface area contributed by atoms with Gasteiger partial charge in [0.05, 0.1) is 33.9 Å². The van der Waals surface area contributed by atoms with Crippen molar-refractivity contribution in [3.8, 4) is 45.8 Å². The topological polar surface area (TPSA) is 272 Å². The summed E-state index contributed by atoms with van der Waals surface area (Å²) in [5.41, 5.74) is 5.30. The third-order valence-electron chi connectivity index (χ3n) is 18.1. The Kier molecular flexibility index (Phi) is 24.0. The van der Waals surface area contributed by atoms with Crippen LogP contribution in [-0.2, 0) is 39.0 Å². The minimum atomic E-state index is -3.91. The number of sulfonamides is 2. The van der Waals surface area contributed by atoms with Crippen LogP contribution in [0.15, 0.2) is 183 Å². The maximum absolute atomic E-state index is 14.1. The molecule has 26 heteroatoms. The molecule has 12 rings (SSSR count). The van der Waals surface area contributed by atoms with E-state index in [4.69, 9.17) is 38.4 Å². The van der Waals surface area contributed by atoms with E-state index < -0.39 is 41.7 Å². The second-order valence-electron chi connectivity index (χ2n) is 28.2. The van der Waals surface area contributed by atoms with Gasteiger partial charge in [-0.15, -0.1) is 0 Å². The SMILES string of the molecule is COCN(c1cccc2c(Oc3ncccc3-c3ccnc(N[C@H]4CCCN(C(=O)OC(C)(C)C)C4)n3)c(C)ccc12)S(=O)(=O)[C@@H](C)c1ccccc1.COCN(c1cccc2c(Oc3ncccc3-c3ccnc(N[C@H]4CCCN(C(=O)OC(C)(C)C)C4)n3)c(C)ccc12)S(=O)(=O)[C@H](C)c1ccccc1. The number of methoxy groups -OCH3 is 2. The zero-order valence-corrected chi connectivity index (χ0v) is 63.5. The number of anilines is 4. The molecule has 6 aromatic carbocycles. The van der Waals surface area contributed by atoms with Crippen molar-refractivity contribution in [2.24, 2.45) is 0 Å². The lowest BCUT2D eigenvalue weighted by Crippen LogP contribution is -2.47. The molecule has 0 bridgehead atoms. The van der Waals surface area contributed by atoms with E-state index in [1.165, 1.54) is 22.8 Å². The Hall–Kier alpha value is -10.5. The van der Waals surface area contributed by atoms with Gasteiger partial charge in [-0.05, 0) is 166 Å². The number of amides is 2. The molecule has 0 radical (unpaired) electrons. The quantitative estimate of drug-likeness (QED) is 0.0597. The number of hydrogen-bond acceptors (Lipinski definition) is 20. The molecular formula is C80H92N12O12S2. The number of carbonyl (C=O) groups excluding carboxylic acids is 2. The first-order valence-corrected chi connectivity index (χ1v) is 38.3. The summed E-state index contributed by atoms with van der Waals surface area (Å²) in [6.07, 6.45) is 9.33. The summed E-state index contributed by atoms with van der Waals surface area (Å²) in [4.78, 5) is 56.7. The van der Waals surface area contributed by atoms with Crippen LogP contribution in [0.3, 0.4) is 0 Å². The fraction of sp³-hybridized carbons (Fsp3) is 0.350. The van der Waals surface area contributed by atoms with Crippen molar-refractivity contribution in [1.82, 2.24) is 39.7 Å². The summed E-state index contributed by atoms with van der Waals surface area (Å²) in [5, 5.41) is 7.93. The number of aromatic nitrogens is 6. The number of ether oxygens (including phenoxy) is 6. The molecule has 4 aromatic heterocycles. The molecule has 4 atom stereocenters. The van der Waals surface area contributed by atoms with Gasteiger partial charge in [0.1, 0.15) is 46.7 Å². The van der Waals surface area contributed by atoms with E-state index in [0.717, 1.165) is 36.8 Å². The van der Waals surface area contributed by atoms with Crippen LogP contribution in [0.2, 0.25) is 0 Å². The third-order valence-corrected chi connectivity index (χ3v) is 22.2. The Morgan fingerprint density at radius 1 is 0.491 bits per heavy atom. The Labute approximate surface area is 620 Å². The van der Waals surface area contributed by atoms with E-state index >= 15 is 0 Å². The molecule has 10 aromatic rings. The summed E-state index contributed by atoms with van der Waals surface area (Å²) in [7, 11) is -4.86. The third kappa shape index (κ3) is 18.2. The van der Waals surface area contributed by atoms with E-state index in [1.54, 1.807) is 72.7 Å². The van der Waals surface area contributed by atoms with E-state index in [2.05, 4.69) is 30.6 Å². The minimum absolute atomic E-state index is 0.0548. The van der Waals surface area contributed by atoms with Gasteiger partial charge in [0, 0.05) is 98.8 Å². The Morgan fingerprint density at radius 3 is 1.26 bits per heavy atom.